The smallest absolute Gasteiger partial charge is 0.352 e. The van der Waals surface area contributed by atoms with Crippen LogP contribution in [0.3, 0.4) is 0 Å². The van der Waals surface area contributed by atoms with Gasteiger partial charge in [0.1, 0.15) is 6.04 Å². The average Bonchev–Trinajstić information content (AvgIpc) is 3.50. The van der Waals surface area contributed by atoms with Crippen LogP contribution >= 0.6 is 0 Å². The van der Waals surface area contributed by atoms with Gasteiger partial charge < -0.3 is 10.2 Å². The van der Waals surface area contributed by atoms with Crippen LogP contribution in [0, 0.1) is 6.92 Å². The van der Waals surface area contributed by atoms with E-state index in [1.165, 1.54) is 6.07 Å². The van der Waals surface area contributed by atoms with E-state index in [0.717, 1.165) is 71.1 Å². The highest BCUT2D eigenvalue weighted by molar-refractivity contribution is 7.92. The number of hydrogen-bond acceptors (Lipinski definition) is 4. The summed E-state index contributed by atoms with van der Waals surface area (Å²) in [4.78, 5) is 29.4. The van der Waals surface area contributed by atoms with Crippen LogP contribution in [0.4, 0.5) is 18.9 Å². The van der Waals surface area contributed by atoms with Crippen molar-refractivity contribution >= 4 is 27.5 Å². The molecular formula is C34H40F3N3O4S. The van der Waals surface area contributed by atoms with Gasteiger partial charge in [-0.05, 0) is 61.1 Å². The zero-order valence-corrected chi connectivity index (χ0v) is 26.4. The highest BCUT2D eigenvalue weighted by Gasteiger charge is 2.33. The van der Waals surface area contributed by atoms with Gasteiger partial charge in [-0.1, -0.05) is 73.5 Å². The molecule has 3 aromatic rings. The predicted octanol–water partition coefficient (Wildman–Crippen LogP) is 6.26. The second-order valence-electron chi connectivity index (χ2n) is 11.6. The molecule has 1 N–H and O–H groups in total. The van der Waals surface area contributed by atoms with E-state index in [2.05, 4.69) is 5.32 Å². The maximum atomic E-state index is 14.0. The first kappa shape index (κ1) is 34.0. The molecule has 0 aromatic heterocycles. The Bertz CT molecular complexity index is 1560. The van der Waals surface area contributed by atoms with E-state index in [9.17, 15) is 31.2 Å². The lowest BCUT2D eigenvalue weighted by Gasteiger charge is -2.33. The number of nitrogens with zero attached hydrogens (tertiary/aromatic N) is 2. The van der Waals surface area contributed by atoms with Crippen molar-refractivity contribution in [2.45, 2.75) is 76.7 Å². The summed E-state index contributed by atoms with van der Waals surface area (Å²) in [7, 11) is -3.96. The Kier molecular flexibility index (Phi) is 11.3. The lowest BCUT2D eigenvalue weighted by Crippen LogP contribution is -2.52. The summed E-state index contributed by atoms with van der Waals surface area (Å²) in [5.41, 5.74) is 1.62. The normalized spacial score (nSPS) is 14.6. The van der Waals surface area contributed by atoms with Crippen molar-refractivity contribution in [3.8, 4) is 0 Å². The van der Waals surface area contributed by atoms with Crippen LogP contribution in [0.5, 0.6) is 0 Å². The van der Waals surface area contributed by atoms with Gasteiger partial charge in [-0.25, -0.2) is 8.42 Å². The van der Waals surface area contributed by atoms with E-state index in [1.807, 2.05) is 61.5 Å². The van der Waals surface area contributed by atoms with Crippen LogP contribution in [0.25, 0.3) is 0 Å². The van der Waals surface area contributed by atoms with Crippen LogP contribution in [0.15, 0.2) is 78.9 Å². The second-order valence-corrected chi connectivity index (χ2v) is 13.5. The van der Waals surface area contributed by atoms with Crippen LogP contribution in [0.1, 0.15) is 60.8 Å². The number of sulfonamides is 1. The zero-order chi connectivity index (χ0) is 32.6. The van der Waals surface area contributed by atoms with Crippen molar-refractivity contribution in [2.24, 2.45) is 0 Å². The Hall–Kier alpha value is -3.86. The number of hydrogen-bond donors (Lipinski definition) is 1. The van der Waals surface area contributed by atoms with Crippen molar-refractivity contribution in [3.05, 3.63) is 101 Å². The molecule has 1 fully saturated rings. The minimum atomic E-state index is -4.64. The van der Waals surface area contributed by atoms with Gasteiger partial charge in [0.25, 0.3) is 0 Å². The number of rotatable bonds is 13. The summed E-state index contributed by atoms with van der Waals surface area (Å²) in [5, 5.41) is 3.16. The highest BCUT2D eigenvalue weighted by atomic mass is 32.2. The molecule has 3 aromatic carbocycles. The van der Waals surface area contributed by atoms with Crippen molar-refractivity contribution in [1.82, 2.24) is 10.2 Å². The SMILES string of the molecule is Cc1ccccc1CN(C(=O)CCCN(c1cccc(C(F)(F)F)c1)S(C)(=O)=O)[C@@H](Cc1ccccc1)C(=O)NC1CCCC1. The molecular weight excluding hydrogens is 603 g/mol. The molecule has 1 saturated carbocycles. The molecule has 242 valence electrons. The van der Waals surface area contributed by atoms with Crippen LogP contribution in [-0.2, 0) is 38.8 Å². The Labute approximate surface area is 263 Å². The lowest BCUT2D eigenvalue weighted by molar-refractivity contribution is -0.141. The minimum absolute atomic E-state index is 0.0364. The maximum Gasteiger partial charge on any atom is 0.416 e. The van der Waals surface area contributed by atoms with Crippen molar-refractivity contribution in [2.75, 3.05) is 17.1 Å². The topological polar surface area (TPSA) is 86.8 Å². The zero-order valence-electron chi connectivity index (χ0n) is 25.6. The first-order valence-corrected chi connectivity index (χ1v) is 17.0. The summed E-state index contributed by atoms with van der Waals surface area (Å²) in [5.74, 6) is -0.590. The third kappa shape index (κ3) is 9.56. The Morgan fingerprint density at radius 1 is 0.956 bits per heavy atom. The largest absolute Gasteiger partial charge is 0.416 e. The second kappa shape index (κ2) is 14.9. The maximum absolute atomic E-state index is 14.0. The van der Waals surface area contributed by atoms with Crippen LogP contribution in [-0.4, -0.2) is 50.0 Å². The van der Waals surface area contributed by atoms with Crippen LogP contribution in [0.2, 0.25) is 0 Å². The monoisotopic (exact) mass is 643 g/mol. The Morgan fingerprint density at radius 2 is 1.62 bits per heavy atom. The van der Waals surface area contributed by atoms with Gasteiger partial charge in [0.15, 0.2) is 0 Å². The average molecular weight is 644 g/mol. The van der Waals surface area contributed by atoms with Crippen molar-refractivity contribution < 1.29 is 31.2 Å². The van der Waals surface area contributed by atoms with Gasteiger partial charge >= 0.3 is 6.18 Å². The number of aryl methyl sites for hydroxylation is 1. The number of amides is 2. The molecule has 7 nitrogen and oxygen atoms in total. The first-order chi connectivity index (χ1) is 21.3. The number of benzene rings is 3. The third-order valence-corrected chi connectivity index (χ3v) is 9.38. The summed E-state index contributed by atoms with van der Waals surface area (Å²) in [6, 6.07) is 20.4. The van der Waals surface area contributed by atoms with Gasteiger partial charge in [-0.3, -0.25) is 13.9 Å². The van der Waals surface area contributed by atoms with E-state index < -0.39 is 27.8 Å². The fraction of sp³-hybridized carbons (Fsp3) is 0.412. The predicted molar refractivity (Wildman–Crippen MR) is 169 cm³/mol. The summed E-state index contributed by atoms with van der Waals surface area (Å²) < 4.78 is 66.2. The molecule has 0 heterocycles. The molecule has 1 aliphatic rings. The molecule has 0 saturated heterocycles. The lowest BCUT2D eigenvalue weighted by atomic mass is 10.0. The molecule has 4 rings (SSSR count). The fourth-order valence-corrected chi connectivity index (χ4v) is 6.69. The molecule has 1 atom stereocenters. The van der Waals surface area contributed by atoms with E-state index in [-0.39, 0.29) is 55.9 Å². The molecule has 11 heteroatoms. The van der Waals surface area contributed by atoms with Gasteiger partial charge in [0.05, 0.1) is 17.5 Å². The standard InChI is InChI=1S/C34H40F3N3O4S/c1-25-12-6-7-15-27(25)24-39(31(22-26-13-4-3-5-14-26)33(42)38-29-17-8-9-18-29)32(41)20-11-21-40(45(2,43)44)30-19-10-16-28(23-30)34(35,36)37/h3-7,10,12-16,19,23,29,31H,8-9,11,17-18,20-22,24H2,1-2H3,(H,38,42)/t31-/m0/s1. The van der Waals surface area contributed by atoms with Gasteiger partial charge in [0, 0.05) is 32.0 Å². The molecule has 2 amide bonds. The number of anilines is 1. The van der Waals surface area contributed by atoms with Gasteiger partial charge in [-0.2, -0.15) is 13.2 Å². The molecule has 0 radical (unpaired) electrons. The van der Waals surface area contributed by atoms with Crippen molar-refractivity contribution in [1.29, 1.82) is 0 Å². The molecule has 0 bridgehead atoms. The van der Waals surface area contributed by atoms with E-state index in [4.69, 9.17) is 0 Å². The van der Waals surface area contributed by atoms with E-state index >= 15 is 0 Å². The molecule has 0 aliphatic heterocycles. The molecule has 0 unspecified atom stereocenters. The first-order valence-electron chi connectivity index (χ1n) is 15.2. The minimum Gasteiger partial charge on any atom is -0.352 e. The quantitative estimate of drug-likeness (QED) is 0.238. The highest BCUT2D eigenvalue weighted by Crippen LogP contribution is 2.32. The summed E-state index contributed by atoms with van der Waals surface area (Å²) in [6.45, 7) is 1.90. The van der Waals surface area contributed by atoms with Gasteiger partial charge in [0.2, 0.25) is 21.8 Å². The number of carbonyl (C=O) groups excluding carboxylic acids is 2. The van der Waals surface area contributed by atoms with Gasteiger partial charge in [-0.15, -0.1) is 0 Å². The molecule has 1 aliphatic carbocycles. The van der Waals surface area contributed by atoms with Crippen molar-refractivity contribution in [3.63, 3.8) is 0 Å². The Morgan fingerprint density at radius 3 is 2.27 bits per heavy atom. The van der Waals surface area contributed by atoms with E-state index in [1.54, 1.807) is 4.90 Å². The molecule has 45 heavy (non-hydrogen) atoms. The summed E-state index contributed by atoms with van der Waals surface area (Å²) in [6.07, 6.45) is 0.315. The number of carbonyl (C=O) groups is 2. The number of alkyl halides is 3. The van der Waals surface area contributed by atoms with E-state index in [0.29, 0.717) is 0 Å². The fourth-order valence-electron chi connectivity index (χ4n) is 5.73. The van der Waals surface area contributed by atoms with Crippen LogP contribution < -0.4 is 9.62 Å². The molecule has 0 spiro atoms. The third-order valence-electron chi connectivity index (χ3n) is 8.19. The summed E-state index contributed by atoms with van der Waals surface area (Å²) >= 11 is 0. The Balaban J connectivity index is 1.60. The number of nitrogens with one attached hydrogen (secondary N) is 1. The number of halogens is 3.